The number of rotatable bonds is 1. The molecule has 92 valence electrons. The van der Waals surface area contributed by atoms with E-state index in [1.807, 2.05) is 0 Å². The van der Waals surface area contributed by atoms with E-state index in [0.717, 1.165) is 31.6 Å². The fraction of sp³-hybridized carbons (Fsp3) is 0.500. The van der Waals surface area contributed by atoms with Gasteiger partial charge in [0.1, 0.15) is 5.75 Å². The summed E-state index contributed by atoms with van der Waals surface area (Å²) in [5, 5.41) is 12.5. The van der Waals surface area contributed by atoms with Crippen molar-refractivity contribution in [1.82, 2.24) is 5.32 Å². The van der Waals surface area contributed by atoms with Crippen LogP contribution in [0.1, 0.15) is 17.5 Å². The zero-order valence-electron chi connectivity index (χ0n) is 9.01. The number of hydrogen-bond donors (Lipinski definition) is 2. The minimum atomic E-state index is -4.49. The molecule has 5 heteroatoms. The van der Waals surface area contributed by atoms with Crippen LogP contribution >= 0.6 is 0 Å². The molecule has 17 heavy (non-hydrogen) atoms. The van der Waals surface area contributed by atoms with Crippen LogP contribution in [0.5, 0.6) is 5.75 Å². The molecule has 1 aromatic rings. The number of phenolic OH excluding ortho intramolecular Hbond substituents is 1. The molecule has 2 nitrogen and oxygen atoms in total. The lowest BCUT2D eigenvalue weighted by molar-refractivity contribution is -0.138. The van der Waals surface area contributed by atoms with Gasteiger partial charge in [-0.1, -0.05) is 6.07 Å². The Labute approximate surface area is 96.5 Å². The van der Waals surface area contributed by atoms with Crippen molar-refractivity contribution in [3.8, 4) is 5.75 Å². The number of fused-ring (bicyclic) bond motifs is 1. The standard InChI is InChI=1S/C12H12F3NO/c13-12(14,15)9-3-7(1-2-10(9)17)11-4-8(11)5-16-6-11/h1-3,8,16-17H,4-6H2/t8-,11+/m0/s1. The number of halogens is 3. The number of phenols is 1. The maximum atomic E-state index is 12.7. The normalized spacial score (nSPS) is 31.4. The molecule has 2 fully saturated rings. The highest BCUT2D eigenvalue weighted by Gasteiger charge is 2.58. The van der Waals surface area contributed by atoms with E-state index in [1.54, 1.807) is 6.07 Å². The second-order valence-electron chi connectivity index (χ2n) is 4.92. The summed E-state index contributed by atoms with van der Waals surface area (Å²) in [6.45, 7) is 1.61. The van der Waals surface area contributed by atoms with Gasteiger partial charge in [-0.15, -0.1) is 0 Å². The van der Waals surface area contributed by atoms with E-state index in [9.17, 15) is 18.3 Å². The van der Waals surface area contributed by atoms with Crippen LogP contribution in [-0.4, -0.2) is 18.2 Å². The highest BCUT2D eigenvalue weighted by Crippen LogP contribution is 2.57. The summed E-state index contributed by atoms with van der Waals surface area (Å²) in [6.07, 6.45) is -3.55. The number of alkyl halides is 3. The van der Waals surface area contributed by atoms with E-state index >= 15 is 0 Å². The van der Waals surface area contributed by atoms with Gasteiger partial charge in [-0.25, -0.2) is 0 Å². The fourth-order valence-corrected chi connectivity index (χ4v) is 2.86. The third kappa shape index (κ3) is 1.52. The maximum absolute atomic E-state index is 12.7. The average molecular weight is 243 g/mol. The van der Waals surface area contributed by atoms with Gasteiger partial charge in [-0.05, 0) is 36.6 Å². The van der Waals surface area contributed by atoms with Crippen LogP contribution in [-0.2, 0) is 11.6 Å². The minimum absolute atomic E-state index is 0.117. The lowest BCUT2D eigenvalue weighted by Gasteiger charge is -2.16. The van der Waals surface area contributed by atoms with Crippen LogP contribution in [0.3, 0.4) is 0 Å². The average Bonchev–Trinajstić information content (AvgIpc) is 2.80. The van der Waals surface area contributed by atoms with Crippen molar-refractivity contribution in [2.75, 3.05) is 13.1 Å². The smallest absolute Gasteiger partial charge is 0.419 e. The molecule has 1 saturated heterocycles. The third-order valence-corrected chi connectivity index (χ3v) is 3.94. The lowest BCUT2D eigenvalue weighted by atomic mass is 9.93. The van der Waals surface area contributed by atoms with Crippen molar-refractivity contribution in [2.24, 2.45) is 5.92 Å². The molecule has 0 radical (unpaired) electrons. The first-order valence-electron chi connectivity index (χ1n) is 5.55. The van der Waals surface area contributed by atoms with Crippen LogP contribution in [0.15, 0.2) is 18.2 Å². The zero-order valence-corrected chi connectivity index (χ0v) is 9.01. The topological polar surface area (TPSA) is 32.3 Å². The molecule has 0 amide bonds. The van der Waals surface area contributed by atoms with E-state index in [4.69, 9.17) is 0 Å². The van der Waals surface area contributed by atoms with Crippen molar-refractivity contribution in [3.05, 3.63) is 29.3 Å². The Hall–Kier alpha value is -1.23. The Morgan fingerprint density at radius 3 is 2.65 bits per heavy atom. The molecule has 1 heterocycles. The van der Waals surface area contributed by atoms with Gasteiger partial charge in [0.05, 0.1) is 5.56 Å². The van der Waals surface area contributed by atoms with Gasteiger partial charge in [-0.2, -0.15) is 13.2 Å². The van der Waals surface area contributed by atoms with Crippen molar-refractivity contribution in [2.45, 2.75) is 18.0 Å². The van der Waals surface area contributed by atoms with Crippen LogP contribution in [0.25, 0.3) is 0 Å². The van der Waals surface area contributed by atoms with Crippen molar-refractivity contribution < 1.29 is 18.3 Å². The Bertz CT molecular complexity index is 471. The fourth-order valence-electron chi connectivity index (χ4n) is 2.86. The molecule has 2 atom stereocenters. The maximum Gasteiger partial charge on any atom is 0.419 e. The van der Waals surface area contributed by atoms with Crippen LogP contribution < -0.4 is 5.32 Å². The predicted octanol–water partition coefficient (Wildman–Crippen LogP) is 2.27. The molecule has 0 aromatic heterocycles. The Morgan fingerprint density at radius 1 is 1.35 bits per heavy atom. The lowest BCUT2D eigenvalue weighted by Crippen LogP contribution is -2.19. The number of aromatic hydroxyl groups is 1. The van der Waals surface area contributed by atoms with Crippen LogP contribution in [0.2, 0.25) is 0 Å². The molecule has 0 bridgehead atoms. The monoisotopic (exact) mass is 243 g/mol. The molecule has 1 saturated carbocycles. The Morgan fingerprint density at radius 2 is 2.12 bits per heavy atom. The largest absolute Gasteiger partial charge is 0.507 e. The molecule has 2 N–H and O–H groups in total. The molecule has 1 aliphatic carbocycles. The van der Waals surface area contributed by atoms with Gasteiger partial charge in [-0.3, -0.25) is 0 Å². The van der Waals surface area contributed by atoms with Gasteiger partial charge >= 0.3 is 6.18 Å². The van der Waals surface area contributed by atoms with E-state index < -0.39 is 17.5 Å². The van der Waals surface area contributed by atoms with Crippen LogP contribution in [0.4, 0.5) is 13.2 Å². The van der Waals surface area contributed by atoms with E-state index in [-0.39, 0.29) is 5.41 Å². The SMILES string of the molecule is Oc1ccc([C@@]23CNC[C@@H]2C3)cc1C(F)(F)F. The first-order valence-corrected chi connectivity index (χ1v) is 5.55. The van der Waals surface area contributed by atoms with E-state index in [2.05, 4.69) is 5.32 Å². The summed E-state index contributed by atoms with van der Waals surface area (Å²) >= 11 is 0. The van der Waals surface area contributed by atoms with Crippen molar-refractivity contribution >= 4 is 0 Å². The summed E-state index contributed by atoms with van der Waals surface area (Å²) in [7, 11) is 0. The molecule has 0 unspecified atom stereocenters. The second kappa shape index (κ2) is 3.16. The second-order valence-corrected chi connectivity index (χ2v) is 4.92. The Kier molecular flexibility index (Phi) is 2.03. The first kappa shape index (κ1) is 10.9. The molecule has 1 aromatic carbocycles. The summed E-state index contributed by atoms with van der Waals surface area (Å²) in [5.74, 6) is -0.242. The number of piperidine rings is 1. The van der Waals surface area contributed by atoms with Gasteiger partial charge in [0.15, 0.2) is 0 Å². The predicted molar refractivity (Wildman–Crippen MR) is 55.8 cm³/mol. The van der Waals surface area contributed by atoms with E-state index in [0.29, 0.717) is 11.5 Å². The van der Waals surface area contributed by atoms with Crippen LogP contribution in [0, 0.1) is 5.92 Å². The van der Waals surface area contributed by atoms with Crippen molar-refractivity contribution in [3.63, 3.8) is 0 Å². The molecular weight excluding hydrogens is 231 g/mol. The number of hydrogen-bond acceptors (Lipinski definition) is 2. The highest BCUT2D eigenvalue weighted by molar-refractivity contribution is 5.45. The van der Waals surface area contributed by atoms with E-state index in [1.165, 1.54) is 0 Å². The summed E-state index contributed by atoms with van der Waals surface area (Å²) < 4.78 is 38.0. The van der Waals surface area contributed by atoms with Gasteiger partial charge < -0.3 is 10.4 Å². The minimum Gasteiger partial charge on any atom is -0.507 e. The third-order valence-electron chi connectivity index (χ3n) is 3.94. The molecule has 3 rings (SSSR count). The molecule has 1 aliphatic heterocycles. The summed E-state index contributed by atoms with van der Waals surface area (Å²) in [4.78, 5) is 0. The zero-order chi connectivity index (χ0) is 12.3. The Balaban J connectivity index is 2.03. The summed E-state index contributed by atoms with van der Waals surface area (Å²) in [6, 6.07) is 3.86. The van der Waals surface area contributed by atoms with Gasteiger partial charge in [0, 0.05) is 12.0 Å². The van der Waals surface area contributed by atoms with Gasteiger partial charge in [0.25, 0.3) is 0 Å². The first-order chi connectivity index (χ1) is 7.93. The summed E-state index contributed by atoms with van der Waals surface area (Å²) in [5.41, 5.74) is -0.354. The van der Waals surface area contributed by atoms with Gasteiger partial charge in [0.2, 0.25) is 0 Å². The molecule has 0 spiro atoms. The van der Waals surface area contributed by atoms with Crippen molar-refractivity contribution in [1.29, 1.82) is 0 Å². The molecular formula is C12H12F3NO. The quantitative estimate of drug-likeness (QED) is 0.793. The highest BCUT2D eigenvalue weighted by atomic mass is 19.4. The molecule has 2 aliphatic rings. The number of nitrogens with one attached hydrogen (secondary N) is 1. The number of benzene rings is 1.